The number of thioether (sulfide) groups is 1. The van der Waals surface area contributed by atoms with Gasteiger partial charge in [-0.25, -0.2) is 8.42 Å². The molecule has 0 saturated heterocycles. The Morgan fingerprint density at radius 1 is 1.06 bits per heavy atom. The molecule has 1 amide bonds. The van der Waals surface area contributed by atoms with Gasteiger partial charge in [-0.05, 0) is 42.5 Å². The third-order valence-corrected chi connectivity index (χ3v) is 9.21. The monoisotopic (exact) mass is 556 g/mol. The van der Waals surface area contributed by atoms with E-state index in [9.17, 15) is 18.0 Å². The number of benzene rings is 3. The molecule has 5 rings (SSSR count). The first-order valence-corrected chi connectivity index (χ1v) is 14.0. The quantitative estimate of drug-likeness (QED) is 0.284. The summed E-state index contributed by atoms with van der Waals surface area (Å²) in [4.78, 5) is 26.1. The maximum absolute atomic E-state index is 13.1. The van der Waals surface area contributed by atoms with Crippen molar-refractivity contribution in [3.8, 4) is 0 Å². The van der Waals surface area contributed by atoms with Crippen molar-refractivity contribution in [2.45, 2.75) is 22.5 Å². The number of amides is 1. The largest absolute Gasteiger partial charge is 0.320 e. The molecule has 0 atom stereocenters. The zero-order valence-electron chi connectivity index (χ0n) is 18.8. The second-order valence-corrected chi connectivity index (χ2v) is 12.1. The Morgan fingerprint density at radius 2 is 1.78 bits per heavy atom. The molecule has 1 N–H and O–H groups in total. The third kappa shape index (κ3) is 4.57. The van der Waals surface area contributed by atoms with Crippen LogP contribution in [0.25, 0.3) is 17.0 Å². The molecule has 0 spiro atoms. The lowest BCUT2D eigenvalue weighted by atomic mass is 10.1. The second-order valence-electron chi connectivity index (χ2n) is 8.17. The summed E-state index contributed by atoms with van der Waals surface area (Å²) in [5.41, 5.74) is 2.22. The predicted octanol–water partition coefficient (Wildman–Crippen LogP) is 6.67. The number of carbonyl (C=O) groups excluding carboxylic acids is 2. The first-order chi connectivity index (χ1) is 17.1. The zero-order valence-corrected chi connectivity index (χ0v) is 21.9. The molecule has 182 valence electrons. The molecule has 3 aromatic carbocycles. The lowest BCUT2D eigenvalue weighted by Crippen LogP contribution is -2.18. The number of aromatic nitrogens is 1. The van der Waals surface area contributed by atoms with Crippen molar-refractivity contribution >= 4 is 79.3 Å². The van der Waals surface area contributed by atoms with Crippen LogP contribution in [-0.2, 0) is 20.4 Å². The number of para-hydroxylation sites is 1. The van der Waals surface area contributed by atoms with Crippen LogP contribution < -0.4 is 5.32 Å². The second kappa shape index (κ2) is 9.44. The molecule has 1 aliphatic rings. The fourth-order valence-corrected chi connectivity index (χ4v) is 7.04. The summed E-state index contributed by atoms with van der Waals surface area (Å²) in [6.45, 7) is 1.48. The fraction of sp³-hybridized carbons (Fsp3) is 0.0769. The summed E-state index contributed by atoms with van der Waals surface area (Å²) in [5, 5.41) is 4.18. The highest BCUT2D eigenvalue weighted by molar-refractivity contribution is 8.04. The molecule has 6 nitrogen and oxygen atoms in total. The minimum absolute atomic E-state index is 0.0510. The summed E-state index contributed by atoms with van der Waals surface area (Å²) in [5.74, 6) is -0.860. The molecule has 0 bridgehead atoms. The highest BCUT2D eigenvalue weighted by atomic mass is 35.5. The van der Waals surface area contributed by atoms with Gasteiger partial charge in [0.25, 0.3) is 5.91 Å². The van der Waals surface area contributed by atoms with Crippen LogP contribution in [0, 0.1) is 0 Å². The fourth-order valence-electron chi connectivity index (χ4n) is 4.00. The molecule has 0 radical (unpaired) electrons. The van der Waals surface area contributed by atoms with E-state index in [0.29, 0.717) is 21.1 Å². The number of nitrogens with zero attached hydrogens (tertiary/aromatic N) is 1. The van der Waals surface area contributed by atoms with E-state index in [2.05, 4.69) is 5.32 Å². The molecular weight excluding hydrogens is 539 g/mol. The highest BCUT2D eigenvalue weighted by Crippen LogP contribution is 2.41. The number of hydrogen-bond donors (Lipinski definition) is 1. The Bertz CT molecular complexity index is 1690. The summed E-state index contributed by atoms with van der Waals surface area (Å²) >= 11 is 13.6. The van der Waals surface area contributed by atoms with Crippen molar-refractivity contribution in [1.29, 1.82) is 0 Å². The molecule has 1 aromatic heterocycles. The Balaban J connectivity index is 1.47. The summed E-state index contributed by atoms with van der Waals surface area (Å²) in [7, 11) is -3.78. The van der Waals surface area contributed by atoms with Gasteiger partial charge >= 0.3 is 0 Å². The highest BCUT2D eigenvalue weighted by Gasteiger charge is 2.25. The van der Waals surface area contributed by atoms with Crippen LogP contribution in [0.3, 0.4) is 0 Å². The number of nitrogens with one attached hydrogen (secondary N) is 1. The minimum atomic E-state index is -3.78. The number of halogens is 2. The number of sulfone groups is 1. The molecule has 4 aromatic rings. The van der Waals surface area contributed by atoms with Gasteiger partial charge in [-0.1, -0.05) is 59.2 Å². The van der Waals surface area contributed by atoms with E-state index < -0.39 is 9.84 Å². The van der Waals surface area contributed by atoms with Crippen molar-refractivity contribution < 1.29 is 18.0 Å². The van der Waals surface area contributed by atoms with Gasteiger partial charge in [-0.15, -0.1) is 0 Å². The number of anilines is 1. The summed E-state index contributed by atoms with van der Waals surface area (Å²) in [6.07, 6.45) is 3.44. The average molecular weight is 557 g/mol. The molecule has 10 heteroatoms. The third-order valence-electron chi connectivity index (χ3n) is 5.77. The van der Waals surface area contributed by atoms with Crippen LogP contribution >= 0.6 is 35.0 Å². The van der Waals surface area contributed by atoms with E-state index in [1.807, 2.05) is 24.3 Å². The maximum Gasteiger partial charge on any atom is 0.262 e. The standard InChI is InChI=1S/C26H18Cl2N2O4S2/c1-15(31)30-13-16(18-5-2-3-8-23(18)30)11-25-26(32)29-22-12-17(9-10-24(22)35-25)36(33,34)14-19-20(27)6-4-7-21(19)28/h2-13H,14H2,1H3,(H,29,32)/b25-11-. The van der Waals surface area contributed by atoms with Crippen molar-refractivity contribution in [3.05, 3.63) is 92.9 Å². The van der Waals surface area contributed by atoms with Gasteiger partial charge in [0.05, 0.1) is 26.8 Å². The average Bonchev–Trinajstić information content (AvgIpc) is 3.20. The number of carbonyl (C=O) groups is 2. The van der Waals surface area contributed by atoms with Gasteiger partial charge in [-0.2, -0.15) is 0 Å². The zero-order chi connectivity index (χ0) is 25.6. The normalized spacial score (nSPS) is 14.6. The molecule has 1 aliphatic heterocycles. The first kappa shape index (κ1) is 24.6. The maximum atomic E-state index is 13.1. The topological polar surface area (TPSA) is 85.2 Å². The number of hydrogen-bond acceptors (Lipinski definition) is 5. The molecular formula is C26H18Cl2N2O4S2. The first-order valence-electron chi connectivity index (χ1n) is 10.8. The van der Waals surface area contributed by atoms with Crippen LogP contribution in [0.15, 0.2) is 81.6 Å². The van der Waals surface area contributed by atoms with E-state index in [-0.39, 0.29) is 32.5 Å². The smallest absolute Gasteiger partial charge is 0.262 e. The van der Waals surface area contributed by atoms with Crippen LogP contribution in [0.5, 0.6) is 0 Å². The summed E-state index contributed by atoms with van der Waals surface area (Å²) in [6, 6.07) is 16.9. The van der Waals surface area contributed by atoms with Crippen molar-refractivity contribution in [1.82, 2.24) is 4.57 Å². The van der Waals surface area contributed by atoms with Crippen molar-refractivity contribution in [2.75, 3.05) is 5.32 Å². The lowest BCUT2D eigenvalue weighted by molar-refractivity contribution is -0.112. The van der Waals surface area contributed by atoms with E-state index >= 15 is 0 Å². The van der Waals surface area contributed by atoms with Gasteiger partial charge in [0.1, 0.15) is 0 Å². The number of fused-ring (bicyclic) bond motifs is 2. The molecule has 36 heavy (non-hydrogen) atoms. The lowest BCUT2D eigenvalue weighted by Gasteiger charge is -2.19. The Morgan fingerprint density at radius 3 is 2.50 bits per heavy atom. The van der Waals surface area contributed by atoms with E-state index in [1.54, 1.807) is 41.1 Å². The Kier molecular flexibility index (Phi) is 6.46. The van der Waals surface area contributed by atoms with Gasteiger partial charge in [-0.3, -0.25) is 14.2 Å². The van der Waals surface area contributed by atoms with Gasteiger partial charge < -0.3 is 5.32 Å². The molecule has 0 fully saturated rings. The van der Waals surface area contributed by atoms with Crippen molar-refractivity contribution in [3.63, 3.8) is 0 Å². The minimum Gasteiger partial charge on any atom is -0.320 e. The molecule has 0 saturated carbocycles. The van der Waals surface area contributed by atoms with Crippen LogP contribution in [0.2, 0.25) is 10.0 Å². The Hall–Kier alpha value is -3.04. The van der Waals surface area contributed by atoms with E-state index in [0.717, 1.165) is 16.5 Å². The van der Waals surface area contributed by atoms with E-state index in [1.165, 1.54) is 30.8 Å². The van der Waals surface area contributed by atoms with E-state index in [4.69, 9.17) is 23.2 Å². The SMILES string of the molecule is CC(=O)n1cc(/C=C2\Sc3ccc(S(=O)(=O)Cc4c(Cl)cccc4Cl)cc3NC2=O)c2ccccc21. The van der Waals surface area contributed by atoms with Gasteiger partial charge in [0, 0.05) is 44.6 Å². The van der Waals surface area contributed by atoms with Crippen LogP contribution in [0.1, 0.15) is 22.8 Å². The van der Waals surface area contributed by atoms with Crippen LogP contribution in [-0.4, -0.2) is 24.8 Å². The predicted molar refractivity (Wildman–Crippen MR) is 144 cm³/mol. The molecule has 0 aliphatic carbocycles. The Labute approximate surface area is 221 Å². The van der Waals surface area contributed by atoms with Gasteiger partial charge in [0.15, 0.2) is 9.84 Å². The molecule has 0 unspecified atom stereocenters. The number of rotatable bonds is 4. The van der Waals surface area contributed by atoms with Crippen LogP contribution in [0.4, 0.5) is 5.69 Å². The summed E-state index contributed by atoms with van der Waals surface area (Å²) < 4.78 is 27.7. The molecule has 2 heterocycles. The van der Waals surface area contributed by atoms with Gasteiger partial charge in [0.2, 0.25) is 5.91 Å². The van der Waals surface area contributed by atoms with Crippen molar-refractivity contribution in [2.24, 2.45) is 0 Å².